The molecule has 0 spiro atoms. The SMILES string of the molecule is O=c1[nH]c(Sc2ccccn2)ccc1[N+](=O)[O-]. The molecule has 6 nitrogen and oxygen atoms in total. The van der Waals surface area contributed by atoms with E-state index in [4.69, 9.17) is 0 Å². The maximum absolute atomic E-state index is 11.3. The first-order chi connectivity index (χ1) is 8.16. The maximum Gasteiger partial charge on any atom is 0.333 e. The molecule has 0 aliphatic carbocycles. The summed E-state index contributed by atoms with van der Waals surface area (Å²) in [5.41, 5.74) is -1.17. The largest absolute Gasteiger partial charge is 0.333 e. The van der Waals surface area contributed by atoms with Crippen LogP contribution in [0, 0.1) is 10.1 Å². The van der Waals surface area contributed by atoms with Gasteiger partial charge in [-0.3, -0.25) is 14.9 Å². The third kappa shape index (κ3) is 2.70. The average Bonchev–Trinajstić information content (AvgIpc) is 2.30. The van der Waals surface area contributed by atoms with Crippen LogP contribution in [0.1, 0.15) is 0 Å². The summed E-state index contributed by atoms with van der Waals surface area (Å²) in [6.07, 6.45) is 1.63. The summed E-state index contributed by atoms with van der Waals surface area (Å²) in [7, 11) is 0. The molecule has 0 aliphatic rings. The van der Waals surface area contributed by atoms with Crippen LogP contribution in [0.15, 0.2) is 51.4 Å². The van der Waals surface area contributed by atoms with Gasteiger partial charge in [-0.05, 0) is 18.2 Å². The zero-order valence-electron chi connectivity index (χ0n) is 8.49. The molecule has 2 aromatic heterocycles. The van der Waals surface area contributed by atoms with E-state index in [2.05, 4.69) is 9.97 Å². The summed E-state index contributed by atoms with van der Waals surface area (Å²) < 4.78 is 0. The van der Waals surface area contributed by atoms with Gasteiger partial charge < -0.3 is 4.98 Å². The quantitative estimate of drug-likeness (QED) is 0.662. The van der Waals surface area contributed by atoms with Crippen molar-refractivity contribution in [3.05, 3.63) is 57.0 Å². The van der Waals surface area contributed by atoms with E-state index < -0.39 is 16.2 Å². The Labute approximate surface area is 99.9 Å². The van der Waals surface area contributed by atoms with Gasteiger partial charge in [-0.25, -0.2) is 4.98 Å². The number of aromatic nitrogens is 2. The molecule has 86 valence electrons. The first kappa shape index (κ1) is 11.3. The molecule has 2 rings (SSSR count). The van der Waals surface area contributed by atoms with E-state index in [9.17, 15) is 14.9 Å². The van der Waals surface area contributed by atoms with Gasteiger partial charge in [0.25, 0.3) is 0 Å². The Morgan fingerprint density at radius 2 is 2.12 bits per heavy atom. The Morgan fingerprint density at radius 3 is 2.71 bits per heavy atom. The van der Waals surface area contributed by atoms with E-state index in [1.807, 2.05) is 6.07 Å². The lowest BCUT2D eigenvalue weighted by Crippen LogP contribution is -2.11. The first-order valence-electron chi connectivity index (χ1n) is 4.63. The van der Waals surface area contributed by atoms with Crippen LogP contribution in [-0.2, 0) is 0 Å². The van der Waals surface area contributed by atoms with Gasteiger partial charge >= 0.3 is 11.2 Å². The molecular weight excluding hydrogens is 242 g/mol. The molecule has 1 N–H and O–H groups in total. The van der Waals surface area contributed by atoms with Gasteiger partial charge in [0, 0.05) is 12.3 Å². The van der Waals surface area contributed by atoms with Crippen LogP contribution >= 0.6 is 11.8 Å². The lowest BCUT2D eigenvalue weighted by Gasteiger charge is -1.99. The molecule has 0 aliphatic heterocycles. The number of hydrogen-bond acceptors (Lipinski definition) is 5. The van der Waals surface area contributed by atoms with Crippen molar-refractivity contribution < 1.29 is 4.92 Å². The highest BCUT2D eigenvalue weighted by atomic mass is 32.2. The van der Waals surface area contributed by atoms with Crippen LogP contribution in [0.4, 0.5) is 5.69 Å². The Morgan fingerprint density at radius 1 is 1.29 bits per heavy atom. The highest BCUT2D eigenvalue weighted by Gasteiger charge is 2.12. The van der Waals surface area contributed by atoms with E-state index >= 15 is 0 Å². The zero-order valence-corrected chi connectivity index (χ0v) is 9.31. The van der Waals surface area contributed by atoms with Crippen molar-refractivity contribution in [1.29, 1.82) is 0 Å². The molecule has 0 amide bonds. The molecule has 0 unspecified atom stereocenters. The molecule has 0 saturated heterocycles. The minimum absolute atomic E-state index is 0.463. The van der Waals surface area contributed by atoms with Crippen LogP contribution < -0.4 is 5.56 Å². The number of hydrogen-bond donors (Lipinski definition) is 1. The lowest BCUT2D eigenvalue weighted by molar-refractivity contribution is -0.386. The summed E-state index contributed by atoms with van der Waals surface area (Å²) in [5, 5.41) is 11.7. The monoisotopic (exact) mass is 249 g/mol. The van der Waals surface area contributed by atoms with Crippen molar-refractivity contribution in [2.24, 2.45) is 0 Å². The second-order valence-electron chi connectivity index (χ2n) is 3.06. The summed E-state index contributed by atoms with van der Waals surface area (Å²) in [4.78, 5) is 27.6. The van der Waals surface area contributed by atoms with E-state index in [1.54, 1.807) is 18.3 Å². The topological polar surface area (TPSA) is 88.9 Å². The molecule has 0 atom stereocenters. The average molecular weight is 249 g/mol. The van der Waals surface area contributed by atoms with E-state index in [1.165, 1.54) is 23.9 Å². The Hall–Kier alpha value is -2.15. The van der Waals surface area contributed by atoms with Crippen LogP contribution in [0.3, 0.4) is 0 Å². The van der Waals surface area contributed by atoms with Gasteiger partial charge in [0.15, 0.2) is 0 Å². The highest BCUT2D eigenvalue weighted by molar-refractivity contribution is 7.99. The Kier molecular flexibility index (Phi) is 3.20. The molecule has 2 aromatic rings. The highest BCUT2D eigenvalue weighted by Crippen LogP contribution is 2.23. The zero-order chi connectivity index (χ0) is 12.3. The number of pyridine rings is 2. The first-order valence-corrected chi connectivity index (χ1v) is 5.45. The Bertz CT molecular complexity index is 597. The number of nitro groups is 1. The standard InChI is InChI=1S/C10H7N3O3S/c14-10-7(13(15)16)4-5-9(12-10)17-8-3-1-2-6-11-8/h1-6H,(H,12,14). The summed E-state index contributed by atoms with van der Waals surface area (Å²) in [5.74, 6) is 0. The fourth-order valence-electron chi connectivity index (χ4n) is 1.17. The van der Waals surface area contributed by atoms with Crippen molar-refractivity contribution >= 4 is 17.4 Å². The van der Waals surface area contributed by atoms with Crippen molar-refractivity contribution in [3.8, 4) is 0 Å². The summed E-state index contributed by atoms with van der Waals surface area (Å²) in [6, 6.07) is 8.05. The number of H-pyrrole nitrogens is 1. The third-order valence-corrected chi connectivity index (χ3v) is 2.82. The summed E-state index contributed by atoms with van der Waals surface area (Å²) in [6.45, 7) is 0. The van der Waals surface area contributed by atoms with Gasteiger partial charge in [0.05, 0.1) is 9.95 Å². The molecule has 7 heteroatoms. The van der Waals surface area contributed by atoms with E-state index in [0.29, 0.717) is 10.1 Å². The van der Waals surface area contributed by atoms with Crippen LogP contribution in [-0.4, -0.2) is 14.9 Å². The Balaban J connectivity index is 2.27. The lowest BCUT2D eigenvalue weighted by atomic mass is 10.4. The van der Waals surface area contributed by atoms with E-state index in [0.717, 1.165) is 0 Å². The second kappa shape index (κ2) is 4.79. The minimum Gasteiger partial charge on any atom is -0.311 e. The van der Waals surface area contributed by atoms with Crippen molar-refractivity contribution in [2.75, 3.05) is 0 Å². The summed E-state index contributed by atoms with van der Waals surface area (Å²) >= 11 is 1.23. The molecule has 0 bridgehead atoms. The maximum atomic E-state index is 11.3. The van der Waals surface area contributed by atoms with Gasteiger partial charge in [-0.1, -0.05) is 17.8 Å². The third-order valence-electron chi connectivity index (χ3n) is 1.91. The van der Waals surface area contributed by atoms with Gasteiger partial charge in [0.1, 0.15) is 5.03 Å². The molecule has 0 aromatic carbocycles. The van der Waals surface area contributed by atoms with Gasteiger partial charge in [-0.15, -0.1) is 0 Å². The van der Waals surface area contributed by atoms with Crippen LogP contribution in [0.5, 0.6) is 0 Å². The minimum atomic E-state index is -0.714. The van der Waals surface area contributed by atoms with Crippen LogP contribution in [0.2, 0.25) is 0 Å². The normalized spacial score (nSPS) is 10.1. The molecule has 17 heavy (non-hydrogen) atoms. The molecular formula is C10H7N3O3S. The van der Waals surface area contributed by atoms with Gasteiger partial charge in [-0.2, -0.15) is 0 Å². The molecule has 0 fully saturated rings. The predicted octanol–water partition coefficient (Wildman–Crippen LogP) is 1.83. The van der Waals surface area contributed by atoms with Crippen molar-refractivity contribution in [3.63, 3.8) is 0 Å². The van der Waals surface area contributed by atoms with Gasteiger partial charge in [0.2, 0.25) is 0 Å². The smallest absolute Gasteiger partial charge is 0.311 e. The number of rotatable bonds is 3. The van der Waals surface area contributed by atoms with Crippen molar-refractivity contribution in [2.45, 2.75) is 10.1 Å². The number of nitrogens with zero attached hydrogens (tertiary/aromatic N) is 2. The fourth-order valence-corrected chi connectivity index (χ4v) is 1.94. The fraction of sp³-hybridized carbons (Fsp3) is 0. The van der Waals surface area contributed by atoms with Crippen molar-refractivity contribution in [1.82, 2.24) is 9.97 Å². The molecule has 2 heterocycles. The molecule has 0 radical (unpaired) electrons. The van der Waals surface area contributed by atoms with Crippen LogP contribution in [0.25, 0.3) is 0 Å². The molecule has 0 saturated carbocycles. The number of nitrogens with one attached hydrogen (secondary N) is 1. The second-order valence-corrected chi connectivity index (χ2v) is 4.13. The van der Waals surface area contributed by atoms with E-state index in [-0.39, 0.29) is 0 Å². The number of aromatic amines is 1. The predicted molar refractivity (Wildman–Crippen MR) is 62.1 cm³/mol.